The zero-order valence-corrected chi connectivity index (χ0v) is 25.2. The van der Waals surface area contributed by atoms with E-state index < -0.39 is 5.41 Å². The summed E-state index contributed by atoms with van der Waals surface area (Å²) in [6.45, 7) is 4.91. The minimum atomic E-state index is -0.423. The molecule has 2 fully saturated rings. The molecule has 0 aromatic carbocycles. The second-order valence-corrected chi connectivity index (χ2v) is 12.0. The van der Waals surface area contributed by atoms with Crippen molar-refractivity contribution in [2.75, 3.05) is 31.7 Å². The van der Waals surface area contributed by atoms with Crippen molar-refractivity contribution >= 4 is 17.4 Å². The summed E-state index contributed by atoms with van der Waals surface area (Å²) in [4.78, 5) is 10.9. The van der Waals surface area contributed by atoms with Crippen molar-refractivity contribution in [3.63, 3.8) is 0 Å². The van der Waals surface area contributed by atoms with E-state index in [9.17, 15) is 5.26 Å². The molecule has 11 nitrogen and oxygen atoms in total. The van der Waals surface area contributed by atoms with Gasteiger partial charge in [-0.25, -0.2) is 4.98 Å². The Bertz CT molecular complexity index is 1350. The second-order valence-electron chi connectivity index (χ2n) is 11.6. The van der Waals surface area contributed by atoms with Crippen molar-refractivity contribution in [1.29, 1.82) is 5.26 Å². The molecule has 1 saturated heterocycles. The lowest BCUT2D eigenvalue weighted by Crippen LogP contribution is -2.41. The van der Waals surface area contributed by atoms with E-state index >= 15 is 0 Å². The third kappa shape index (κ3) is 8.22. The summed E-state index contributed by atoms with van der Waals surface area (Å²) >= 11 is 6.60. The highest BCUT2D eigenvalue weighted by Crippen LogP contribution is 2.32. The van der Waals surface area contributed by atoms with Gasteiger partial charge < -0.3 is 20.1 Å². The van der Waals surface area contributed by atoms with Crippen molar-refractivity contribution in [2.24, 2.45) is 18.4 Å². The number of anilines is 1. The molecule has 2 aliphatic rings. The van der Waals surface area contributed by atoms with Crippen molar-refractivity contribution in [3.8, 4) is 17.3 Å². The highest BCUT2D eigenvalue weighted by molar-refractivity contribution is 6.33. The van der Waals surface area contributed by atoms with E-state index in [-0.39, 0.29) is 6.04 Å². The smallest absolute Gasteiger partial charge is 0.200 e. The van der Waals surface area contributed by atoms with E-state index in [2.05, 4.69) is 50.1 Å². The number of nitrogens with one attached hydrogen (secondary N) is 2. The molecule has 0 radical (unpaired) electrons. The lowest BCUT2D eigenvalue weighted by molar-refractivity contribution is 0.0455. The van der Waals surface area contributed by atoms with Crippen LogP contribution in [0, 0.1) is 22.7 Å². The molecule has 224 valence electrons. The van der Waals surface area contributed by atoms with Gasteiger partial charge in [0.15, 0.2) is 5.82 Å². The van der Waals surface area contributed by atoms with Crippen LogP contribution in [0.4, 0.5) is 5.82 Å². The molecule has 3 aromatic rings. The summed E-state index contributed by atoms with van der Waals surface area (Å²) in [5, 5.41) is 29.4. The summed E-state index contributed by atoms with van der Waals surface area (Å²) in [5.74, 6) is 1.92. The van der Waals surface area contributed by atoms with Gasteiger partial charge in [0.1, 0.15) is 12.4 Å². The molecule has 1 saturated carbocycles. The Morgan fingerprint density at radius 2 is 2.05 bits per heavy atom. The number of nitrogens with zero attached hydrogens (tertiary/aromatic N) is 7. The molecule has 4 heterocycles. The van der Waals surface area contributed by atoms with E-state index in [1.54, 1.807) is 13.2 Å². The molecule has 42 heavy (non-hydrogen) atoms. The van der Waals surface area contributed by atoms with Crippen LogP contribution in [-0.4, -0.2) is 68.6 Å². The lowest BCUT2D eigenvalue weighted by atomic mass is 9.82. The van der Waals surface area contributed by atoms with Crippen LogP contribution < -0.4 is 10.6 Å². The normalized spacial score (nSPS) is 21.0. The number of ether oxygens (including phenoxy) is 2. The van der Waals surface area contributed by atoms with Crippen LogP contribution >= 0.6 is 11.6 Å². The molecule has 12 heteroatoms. The predicted molar refractivity (Wildman–Crippen MR) is 160 cm³/mol. The Hall–Kier alpha value is -3.17. The summed E-state index contributed by atoms with van der Waals surface area (Å²) < 4.78 is 11.2. The van der Waals surface area contributed by atoms with E-state index in [0.717, 1.165) is 67.7 Å². The second kappa shape index (κ2) is 14.3. The summed E-state index contributed by atoms with van der Waals surface area (Å²) in [6.07, 6.45) is 8.68. The third-order valence-electron chi connectivity index (χ3n) is 8.25. The van der Waals surface area contributed by atoms with Crippen molar-refractivity contribution in [1.82, 2.24) is 35.5 Å². The molecule has 5 rings (SSSR count). The number of nitriles is 1. The van der Waals surface area contributed by atoms with Gasteiger partial charge in [-0.15, -0.1) is 10.2 Å². The summed E-state index contributed by atoms with van der Waals surface area (Å²) in [6, 6.07) is 11.2. The van der Waals surface area contributed by atoms with Crippen molar-refractivity contribution in [3.05, 3.63) is 47.0 Å². The molecule has 1 aliphatic heterocycles. The van der Waals surface area contributed by atoms with Crippen LogP contribution in [0.25, 0.3) is 11.3 Å². The number of hydrogen-bond acceptors (Lipinski definition) is 10. The average Bonchev–Trinajstić information content (AvgIpc) is 3.43. The Balaban J connectivity index is 1.10. The molecule has 0 spiro atoms. The average molecular weight is 594 g/mol. The summed E-state index contributed by atoms with van der Waals surface area (Å²) in [7, 11) is 1.75. The number of pyridine rings is 2. The first-order valence-corrected chi connectivity index (χ1v) is 15.2. The van der Waals surface area contributed by atoms with Crippen molar-refractivity contribution in [2.45, 2.75) is 70.6 Å². The van der Waals surface area contributed by atoms with Gasteiger partial charge in [0.25, 0.3) is 0 Å². The molecular formula is C30H40ClN9O2. The maximum atomic E-state index is 9.77. The van der Waals surface area contributed by atoms with Crippen LogP contribution in [0.5, 0.6) is 0 Å². The summed E-state index contributed by atoms with van der Waals surface area (Å²) in [5.41, 5.74) is 2.29. The van der Waals surface area contributed by atoms with Gasteiger partial charge in [-0.3, -0.25) is 4.98 Å². The first kappa shape index (κ1) is 30.3. The van der Waals surface area contributed by atoms with Gasteiger partial charge in [-0.05, 0) is 81.2 Å². The van der Waals surface area contributed by atoms with Gasteiger partial charge in [-0.1, -0.05) is 17.7 Å². The van der Waals surface area contributed by atoms with E-state index in [0.29, 0.717) is 55.8 Å². The van der Waals surface area contributed by atoms with Crippen LogP contribution in [0.3, 0.4) is 0 Å². The van der Waals surface area contributed by atoms with Crippen LogP contribution in [0.1, 0.15) is 57.0 Å². The fraction of sp³-hybridized carbons (Fsp3) is 0.600. The predicted octanol–water partition coefficient (Wildman–Crippen LogP) is 4.35. The monoisotopic (exact) mass is 593 g/mol. The molecule has 1 aliphatic carbocycles. The number of hydrogen-bond donors (Lipinski definition) is 2. The molecule has 0 amide bonds. The zero-order chi connectivity index (χ0) is 29.4. The first-order chi connectivity index (χ1) is 20.4. The highest BCUT2D eigenvalue weighted by atomic mass is 35.5. The quantitative estimate of drug-likeness (QED) is 0.312. The minimum Gasteiger partial charge on any atom is -0.381 e. The number of halogens is 1. The fourth-order valence-corrected chi connectivity index (χ4v) is 6.01. The van der Waals surface area contributed by atoms with Gasteiger partial charge in [0.05, 0.1) is 35.9 Å². The molecule has 1 atom stereocenters. The molecule has 3 aromatic heterocycles. The Kier molecular flexibility index (Phi) is 10.3. The van der Waals surface area contributed by atoms with Gasteiger partial charge in [-0.2, -0.15) is 10.1 Å². The van der Waals surface area contributed by atoms with Gasteiger partial charge in [0, 0.05) is 49.3 Å². The van der Waals surface area contributed by atoms with E-state index in [1.807, 2.05) is 18.2 Å². The van der Waals surface area contributed by atoms with Crippen molar-refractivity contribution < 1.29 is 9.47 Å². The number of rotatable bonds is 12. The molecular weight excluding hydrogens is 554 g/mol. The molecule has 1 unspecified atom stereocenters. The third-order valence-corrected chi connectivity index (χ3v) is 8.55. The van der Waals surface area contributed by atoms with Gasteiger partial charge in [0.2, 0.25) is 0 Å². The Morgan fingerprint density at radius 1 is 1.24 bits per heavy atom. The van der Waals surface area contributed by atoms with E-state index in [1.165, 1.54) is 4.80 Å². The lowest BCUT2D eigenvalue weighted by Gasteiger charge is -2.31. The first-order valence-electron chi connectivity index (χ1n) is 14.8. The van der Waals surface area contributed by atoms with Crippen LogP contribution in [0.15, 0.2) is 30.5 Å². The minimum absolute atomic E-state index is 0.253. The SMILES string of the molecule is CC(COCc1nnn(C)n1)NC1CCC(Cc2cc(-c3cccc(NCC4(C#N)CCOCC4)n3)c(Cl)cn2)CC1. The standard InChI is InChI=1S/C30H40ClN9O2/c1-21(17-42-18-29-37-39-40(2)38-29)35-23-8-6-22(7-9-23)14-24-15-25(26(31)16-33-24)27-4-3-5-28(36-27)34-20-30(19-32)10-12-41-13-11-30/h3-5,15-16,21-23,35H,6-14,17-18,20H2,1-2H3,(H,34,36). The number of aromatic nitrogens is 6. The van der Waals surface area contributed by atoms with Gasteiger partial charge >= 0.3 is 0 Å². The Morgan fingerprint density at radius 3 is 2.79 bits per heavy atom. The fourth-order valence-electron chi connectivity index (χ4n) is 5.81. The molecule has 2 N–H and O–H groups in total. The van der Waals surface area contributed by atoms with Crippen LogP contribution in [0.2, 0.25) is 5.02 Å². The van der Waals surface area contributed by atoms with Crippen LogP contribution in [-0.2, 0) is 29.5 Å². The maximum Gasteiger partial charge on any atom is 0.200 e. The maximum absolute atomic E-state index is 9.77. The zero-order valence-electron chi connectivity index (χ0n) is 24.4. The Labute approximate surface area is 252 Å². The topological polar surface area (TPSA) is 136 Å². The number of aryl methyl sites for hydroxylation is 1. The molecule has 0 bridgehead atoms. The largest absolute Gasteiger partial charge is 0.381 e. The van der Waals surface area contributed by atoms with E-state index in [4.69, 9.17) is 26.1 Å². The number of tetrazole rings is 1. The highest BCUT2D eigenvalue weighted by Gasteiger charge is 2.32.